The van der Waals surface area contributed by atoms with Gasteiger partial charge in [-0.2, -0.15) is 0 Å². The van der Waals surface area contributed by atoms with Crippen LogP contribution in [-0.4, -0.2) is 18.9 Å². The topological polar surface area (TPSA) is 69.1 Å². The van der Waals surface area contributed by atoms with Crippen LogP contribution in [0.25, 0.3) is 0 Å². The Morgan fingerprint density at radius 2 is 1.82 bits per heavy atom. The van der Waals surface area contributed by atoms with E-state index in [4.69, 9.17) is 30.3 Å². The third kappa shape index (κ3) is 18.1. The molecule has 0 aromatic rings. The molecule has 0 spiro atoms. The molecule has 3 nitrogen and oxygen atoms in total. The fraction of sp³-hybridized carbons (Fsp3) is 0.800. The molecule has 0 fully saturated rings. The average molecular weight is 382 g/mol. The Bertz CT molecular complexity index is 94.6. The number of carbonyl (C=O) groups is 1. The molecule has 0 saturated carbocycles. The second kappa shape index (κ2) is 13.4. The molecule has 11 heavy (non-hydrogen) atoms. The van der Waals surface area contributed by atoms with Crippen molar-refractivity contribution in [2.75, 3.05) is 13.1 Å². The van der Waals surface area contributed by atoms with E-state index >= 15 is 0 Å². The van der Waals surface area contributed by atoms with Gasteiger partial charge in [-0.25, -0.2) is 0 Å². The van der Waals surface area contributed by atoms with Gasteiger partial charge in [-0.1, -0.05) is 0 Å². The number of ketones is 1. The van der Waals surface area contributed by atoms with Crippen molar-refractivity contribution in [2.45, 2.75) is 12.8 Å². The molecule has 0 rings (SSSR count). The molecule has 0 heterocycles. The number of nitrogens with two attached hydrogens (primary N) is 2. The quantitative estimate of drug-likeness (QED) is 0.750. The zero-order chi connectivity index (χ0) is 9.11. The van der Waals surface area contributed by atoms with Gasteiger partial charge in [0.25, 0.3) is 0 Å². The van der Waals surface area contributed by atoms with Gasteiger partial charge in [0.05, 0.1) is 6.54 Å². The fourth-order valence-corrected chi connectivity index (χ4v) is 0.401. The van der Waals surface area contributed by atoms with Crippen LogP contribution in [0.5, 0.6) is 0 Å². The number of rotatable bonds is 4. The van der Waals surface area contributed by atoms with E-state index < -0.39 is 16.5 Å². The normalized spacial score (nSPS) is 8.73. The zero-order valence-electron chi connectivity index (χ0n) is 5.96. The average Bonchev–Trinajstić information content (AvgIpc) is 2.02. The first-order chi connectivity index (χ1) is 5.22. The van der Waals surface area contributed by atoms with E-state index in [1.807, 2.05) is 0 Å². The van der Waals surface area contributed by atoms with Crippen molar-refractivity contribution in [3.63, 3.8) is 0 Å². The minimum atomic E-state index is -0.472. The maximum atomic E-state index is 10.4. The Labute approximate surface area is 83.2 Å². The van der Waals surface area contributed by atoms with Crippen LogP contribution in [0.3, 0.4) is 0 Å². The van der Waals surface area contributed by atoms with Crippen molar-refractivity contribution in [1.82, 2.24) is 0 Å². The van der Waals surface area contributed by atoms with E-state index in [0.717, 1.165) is 6.42 Å². The van der Waals surface area contributed by atoms with E-state index in [-0.39, 0.29) is 12.3 Å². The molecular formula is C5H12Cl2N2OPt. The van der Waals surface area contributed by atoms with Crippen LogP contribution >= 0.6 is 18.8 Å². The molecule has 0 bridgehead atoms. The van der Waals surface area contributed by atoms with Gasteiger partial charge < -0.3 is 11.5 Å². The third-order valence-electron chi connectivity index (χ3n) is 0.887. The van der Waals surface area contributed by atoms with E-state index in [1.165, 1.54) is 0 Å². The van der Waals surface area contributed by atoms with Crippen molar-refractivity contribution in [1.29, 1.82) is 0 Å². The third-order valence-corrected chi connectivity index (χ3v) is 0.887. The van der Waals surface area contributed by atoms with Crippen molar-refractivity contribution < 1.29 is 21.3 Å². The van der Waals surface area contributed by atoms with Crippen LogP contribution in [0.2, 0.25) is 0 Å². The Morgan fingerprint density at radius 3 is 2.09 bits per heavy atom. The van der Waals surface area contributed by atoms with Crippen LogP contribution in [-0.2, 0) is 21.3 Å². The summed E-state index contributed by atoms with van der Waals surface area (Å²) in [6.45, 7) is 0.728. The Hall–Kier alpha value is 0.858. The number of Topliss-reactive ketones (excluding diaryl/α,β-unsaturated/α-hetero) is 1. The summed E-state index contributed by atoms with van der Waals surface area (Å²) in [6.07, 6.45) is 1.29. The molecule has 0 radical (unpaired) electrons. The number of hydrogen-bond acceptors (Lipinski definition) is 3. The molecule has 6 heteroatoms. The molecule has 0 aliphatic rings. The van der Waals surface area contributed by atoms with E-state index in [9.17, 15) is 4.79 Å². The molecule has 0 atom stereocenters. The summed E-state index contributed by atoms with van der Waals surface area (Å²) in [5.74, 6) is 0.0930. The van der Waals surface area contributed by atoms with Crippen LogP contribution < -0.4 is 11.5 Å². The molecule has 0 aliphatic carbocycles. The van der Waals surface area contributed by atoms with Crippen LogP contribution in [0.15, 0.2) is 0 Å². The van der Waals surface area contributed by atoms with Crippen LogP contribution in [0.1, 0.15) is 12.8 Å². The standard InChI is InChI=1S/C5H12N2O.2ClH.Pt/c6-3-1-2-5(8)4-7;;;/h1-4,6-7H2;2*1H;/q;;;+2/p-2. The number of carbonyl (C=O) groups excluding carboxylic acids is 1. The Balaban J connectivity index is 0. The molecule has 0 amide bonds. The predicted molar refractivity (Wildman–Crippen MR) is 44.1 cm³/mol. The summed E-state index contributed by atoms with van der Waals surface area (Å²) in [5, 5.41) is 0. The first-order valence-corrected chi connectivity index (χ1v) is 8.60. The van der Waals surface area contributed by atoms with Gasteiger partial charge in [-0.05, 0) is 13.0 Å². The summed E-state index contributed by atoms with van der Waals surface area (Å²) in [6, 6.07) is 0. The Morgan fingerprint density at radius 1 is 1.36 bits per heavy atom. The SMILES string of the molecule is NCCCC(=O)CN.[Cl][Pt][Cl]. The van der Waals surface area contributed by atoms with Crippen molar-refractivity contribution >= 4 is 24.6 Å². The molecule has 0 saturated heterocycles. The predicted octanol–water partition coefficient (Wildman–Crippen LogP) is 0.630. The monoisotopic (exact) mass is 381 g/mol. The van der Waals surface area contributed by atoms with Crippen molar-refractivity contribution in [3.8, 4) is 0 Å². The van der Waals surface area contributed by atoms with Crippen LogP contribution in [0.4, 0.5) is 0 Å². The second-order valence-electron chi connectivity index (χ2n) is 1.68. The van der Waals surface area contributed by atoms with Gasteiger partial charge in [0, 0.05) is 6.42 Å². The van der Waals surface area contributed by atoms with Gasteiger partial charge in [-0.3, -0.25) is 4.79 Å². The summed E-state index contributed by atoms with van der Waals surface area (Å²) < 4.78 is 0. The molecule has 4 N–H and O–H groups in total. The molecule has 0 unspecified atom stereocenters. The van der Waals surface area contributed by atoms with Gasteiger partial charge in [-0.15, -0.1) is 0 Å². The molecule has 0 aromatic carbocycles. The Kier molecular flexibility index (Phi) is 17.6. The second-order valence-corrected chi connectivity index (χ2v) is 4.96. The molecule has 72 valence electrons. The first kappa shape index (κ1) is 14.4. The van der Waals surface area contributed by atoms with Gasteiger partial charge >= 0.3 is 35.3 Å². The van der Waals surface area contributed by atoms with E-state index in [0.29, 0.717) is 13.0 Å². The van der Waals surface area contributed by atoms with Crippen molar-refractivity contribution in [2.24, 2.45) is 11.5 Å². The van der Waals surface area contributed by atoms with Crippen LogP contribution in [0, 0.1) is 0 Å². The first-order valence-electron chi connectivity index (χ1n) is 2.97. The summed E-state index contributed by atoms with van der Waals surface area (Å²) >= 11 is -0.472. The van der Waals surface area contributed by atoms with Crippen molar-refractivity contribution in [3.05, 3.63) is 0 Å². The summed E-state index contributed by atoms with van der Waals surface area (Å²) in [4.78, 5) is 10.4. The van der Waals surface area contributed by atoms with Gasteiger partial charge in [0.1, 0.15) is 5.78 Å². The van der Waals surface area contributed by atoms with Gasteiger partial charge in [0.15, 0.2) is 0 Å². The fourth-order valence-electron chi connectivity index (χ4n) is 0.401. The minimum absolute atomic E-state index is 0.0930. The number of halogens is 2. The molecule has 0 aromatic heterocycles. The summed E-state index contributed by atoms with van der Waals surface area (Å²) in [7, 11) is 9.75. The zero-order valence-corrected chi connectivity index (χ0v) is 9.75. The molecular weight excluding hydrogens is 370 g/mol. The number of hydrogen-bond donors (Lipinski definition) is 2. The maximum absolute atomic E-state index is 10.4. The summed E-state index contributed by atoms with van der Waals surface area (Å²) in [5.41, 5.74) is 10.2. The van der Waals surface area contributed by atoms with E-state index in [2.05, 4.69) is 0 Å². The van der Waals surface area contributed by atoms with Gasteiger partial charge in [0.2, 0.25) is 0 Å². The van der Waals surface area contributed by atoms with E-state index in [1.54, 1.807) is 0 Å². The molecule has 0 aliphatic heterocycles.